The van der Waals surface area contributed by atoms with E-state index in [0.29, 0.717) is 6.42 Å². The quantitative estimate of drug-likeness (QED) is 0.781. The van der Waals surface area contributed by atoms with E-state index in [1.54, 1.807) is 0 Å². The zero-order valence-electron chi connectivity index (χ0n) is 12.1. The van der Waals surface area contributed by atoms with Crippen molar-refractivity contribution in [1.82, 2.24) is 0 Å². The molecule has 0 aliphatic heterocycles. The number of hydrogen-bond acceptors (Lipinski definition) is 2. The maximum atomic E-state index is 12.4. The smallest absolute Gasteiger partial charge is 0.228 e. The maximum absolute atomic E-state index is 12.4. The Morgan fingerprint density at radius 3 is 2.47 bits per heavy atom. The molecule has 0 heterocycles. The summed E-state index contributed by atoms with van der Waals surface area (Å²) < 4.78 is 0. The molecule has 0 aliphatic carbocycles. The van der Waals surface area contributed by atoms with E-state index in [-0.39, 0.29) is 11.9 Å². The molecule has 19 heavy (non-hydrogen) atoms. The summed E-state index contributed by atoms with van der Waals surface area (Å²) in [7, 11) is 0. The van der Waals surface area contributed by atoms with E-state index < -0.39 is 0 Å². The summed E-state index contributed by atoms with van der Waals surface area (Å²) in [5, 5.41) is 0. The lowest BCUT2D eigenvalue weighted by Crippen LogP contribution is -2.36. The molecule has 106 valence electrons. The molecule has 0 fully saturated rings. The number of anilines is 1. The molecule has 0 aliphatic rings. The lowest BCUT2D eigenvalue weighted by atomic mass is 10.1. The van der Waals surface area contributed by atoms with Crippen molar-refractivity contribution in [3.63, 3.8) is 0 Å². The fourth-order valence-electron chi connectivity index (χ4n) is 2.13. The summed E-state index contributed by atoms with van der Waals surface area (Å²) in [5.41, 5.74) is 6.96. The van der Waals surface area contributed by atoms with Gasteiger partial charge in [0.1, 0.15) is 0 Å². The van der Waals surface area contributed by atoms with Crippen LogP contribution < -0.4 is 10.6 Å². The van der Waals surface area contributed by atoms with Gasteiger partial charge in [0, 0.05) is 24.7 Å². The Morgan fingerprint density at radius 1 is 1.21 bits per heavy atom. The van der Waals surface area contributed by atoms with E-state index in [1.165, 1.54) is 0 Å². The number of nitrogens with two attached hydrogens (primary N) is 1. The number of unbranched alkanes of at least 4 members (excludes halogenated alkanes) is 1. The monoisotopic (exact) mass is 262 g/mol. The second-order valence-electron chi connectivity index (χ2n) is 4.99. The average molecular weight is 262 g/mol. The molecule has 1 aromatic rings. The van der Waals surface area contributed by atoms with Crippen molar-refractivity contribution in [2.24, 2.45) is 5.73 Å². The highest BCUT2D eigenvalue weighted by atomic mass is 16.2. The molecule has 2 N–H and O–H groups in total. The van der Waals surface area contributed by atoms with Gasteiger partial charge in [-0.25, -0.2) is 0 Å². The summed E-state index contributed by atoms with van der Waals surface area (Å²) in [4.78, 5) is 14.3. The third-order valence-corrected chi connectivity index (χ3v) is 3.20. The summed E-state index contributed by atoms with van der Waals surface area (Å²) in [6.07, 6.45) is 4.46. The standard InChI is InChI=1S/C16H26N2O/c1-3-5-12-18(15-10-7-6-8-11-15)16(19)13-14(17)9-4-2/h6-8,10-11,14H,3-5,9,12-13,17H2,1-2H3. The van der Waals surface area contributed by atoms with E-state index in [2.05, 4.69) is 13.8 Å². The van der Waals surface area contributed by atoms with E-state index in [0.717, 1.165) is 37.9 Å². The second kappa shape index (κ2) is 8.70. The summed E-state index contributed by atoms with van der Waals surface area (Å²) >= 11 is 0. The van der Waals surface area contributed by atoms with Crippen LogP contribution in [0.5, 0.6) is 0 Å². The Kier molecular flexibility index (Phi) is 7.19. The van der Waals surface area contributed by atoms with Gasteiger partial charge in [-0.15, -0.1) is 0 Å². The van der Waals surface area contributed by atoms with Crippen LogP contribution in [0, 0.1) is 0 Å². The van der Waals surface area contributed by atoms with Gasteiger partial charge in [-0.05, 0) is 25.0 Å². The first kappa shape index (κ1) is 15.7. The number of carbonyl (C=O) groups excluding carboxylic acids is 1. The fourth-order valence-corrected chi connectivity index (χ4v) is 2.13. The van der Waals surface area contributed by atoms with Gasteiger partial charge < -0.3 is 10.6 Å². The number of rotatable bonds is 8. The van der Waals surface area contributed by atoms with Crippen molar-refractivity contribution in [3.05, 3.63) is 30.3 Å². The van der Waals surface area contributed by atoms with Crippen LogP contribution in [0.2, 0.25) is 0 Å². The lowest BCUT2D eigenvalue weighted by Gasteiger charge is -2.24. The van der Waals surface area contributed by atoms with Crippen molar-refractivity contribution in [3.8, 4) is 0 Å². The normalized spacial score (nSPS) is 12.2. The fraction of sp³-hybridized carbons (Fsp3) is 0.562. The van der Waals surface area contributed by atoms with Crippen LogP contribution in [-0.4, -0.2) is 18.5 Å². The van der Waals surface area contributed by atoms with Crippen LogP contribution in [0.25, 0.3) is 0 Å². The highest BCUT2D eigenvalue weighted by molar-refractivity contribution is 5.93. The third kappa shape index (κ3) is 5.43. The van der Waals surface area contributed by atoms with Crippen molar-refractivity contribution in [1.29, 1.82) is 0 Å². The molecule has 1 amide bonds. The average Bonchev–Trinajstić information content (AvgIpc) is 2.40. The van der Waals surface area contributed by atoms with Gasteiger partial charge in [-0.3, -0.25) is 4.79 Å². The molecule has 0 spiro atoms. The topological polar surface area (TPSA) is 46.3 Å². The first-order valence-corrected chi connectivity index (χ1v) is 7.30. The zero-order chi connectivity index (χ0) is 14.1. The van der Waals surface area contributed by atoms with Crippen molar-refractivity contribution < 1.29 is 4.79 Å². The van der Waals surface area contributed by atoms with Crippen LogP contribution >= 0.6 is 0 Å². The predicted molar refractivity (Wildman–Crippen MR) is 81.2 cm³/mol. The number of benzene rings is 1. The molecule has 1 rings (SSSR count). The first-order valence-electron chi connectivity index (χ1n) is 7.30. The van der Waals surface area contributed by atoms with Gasteiger partial charge in [0.05, 0.1) is 0 Å². The summed E-state index contributed by atoms with van der Waals surface area (Å²) in [5.74, 6) is 0.139. The van der Waals surface area contributed by atoms with E-state index in [4.69, 9.17) is 5.73 Å². The summed E-state index contributed by atoms with van der Waals surface area (Å²) in [6, 6.07) is 9.85. The van der Waals surface area contributed by atoms with E-state index in [9.17, 15) is 4.79 Å². The Hall–Kier alpha value is -1.35. The van der Waals surface area contributed by atoms with Gasteiger partial charge in [0.25, 0.3) is 0 Å². The molecule has 1 aromatic carbocycles. The van der Waals surface area contributed by atoms with Crippen molar-refractivity contribution in [2.75, 3.05) is 11.4 Å². The minimum absolute atomic E-state index is 0.0228. The number of hydrogen-bond donors (Lipinski definition) is 1. The second-order valence-corrected chi connectivity index (χ2v) is 4.99. The molecular formula is C16H26N2O. The minimum atomic E-state index is -0.0228. The van der Waals surface area contributed by atoms with Crippen LogP contribution in [0.3, 0.4) is 0 Å². The molecule has 0 saturated heterocycles. The molecule has 3 nitrogen and oxygen atoms in total. The van der Waals surface area contributed by atoms with Gasteiger partial charge in [0.2, 0.25) is 5.91 Å². The molecule has 0 radical (unpaired) electrons. The van der Waals surface area contributed by atoms with Gasteiger partial charge >= 0.3 is 0 Å². The SMILES string of the molecule is CCCCN(C(=O)CC(N)CCC)c1ccccc1. The Balaban J connectivity index is 2.71. The highest BCUT2D eigenvalue weighted by Crippen LogP contribution is 2.16. The Bertz CT molecular complexity index is 364. The van der Waals surface area contributed by atoms with Crippen molar-refractivity contribution >= 4 is 11.6 Å². The third-order valence-electron chi connectivity index (χ3n) is 3.20. The molecule has 1 unspecified atom stereocenters. The number of para-hydroxylation sites is 1. The zero-order valence-corrected chi connectivity index (χ0v) is 12.1. The van der Waals surface area contributed by atoms with Crippen LogP contribution in [-0.2, 0) is 4.79 Å². The molecule has 1 atom stereocenters. The number of carbonyl (C=O) groups is 1. The van der Waals surface area contributed by atoms with Gasteiger partial charge in [0.15, 0.2) is 0 Å². The summed E-state index contributed by atoms with van der Waals surface area (Å²) in [6.45, 7) is 5.01. The van der Waals surface area contributed by atoms with Crippen molar-refractivity contribution in [2.45, 2.75) is 52.0 Å². The van der Waals surface area contributed by atoms with Crippen LogP contribution in [0.1, 0.15) is 46.0 Å². The molecule has 0 saturated carbocycles. The molecular weight excluding hydrogens is 236 g/mol. The Labute approximate surface area is 116 Å². The van der Waals surface area contributed by atoms with Gasteiger partial charge in [-0.1, -0.05) is 44.9 Å². The van der Waals surface area contributed by atoms with Crippen LogP contribution in [0.15, 0.2) is 30.3 Å². The maximum Gasteiger partial charge on any atom is 0.228 e. The molecule has 3 heteroatoms. The largest absolute Gasteiger partial charge is 0.327 e. The minimum Gasteiger partial charge on any atom is -0.327 e. The van der Waals surface area contributed by atoms with Gasteiger partial charge in [-0.2, -0.15) is 0 Å². The molecule has 0 aromatic heterocycles. The number of nitrogens with zero attached hydrogens (tertiary/aromatic N) is 1. The van der Waals surface area contributed by atoms with Crippen LogP contribution in [0.4, 0.5) is 5.69 Å². The van der Waals surface area contributed by atoms with E-state index in [1.807, 2.05) is 35.2 Å². The van der Waals surface area contributed by atoms with E-state index >= 15 is 0 Å². The molecule has 0 bridgehead atoms. The number of amides is 1. The lowest BCUT2D eigenvalue weighted by molar-refractivity contribution is -0.119. The predicted octanol–water partition coefficient (Wildman–Crippen LogP) is 3.34. The first-order chi connectivity index (χ1) is 9.19. The highest BCUT2D eigenvalue weighted by Gasteiger charge is 2.17. The Morgan fingerprint density at radius 2 is 1.89 bits per heavy atom.